The summed E-state index contributed by atoms with van der Waals surface area (Å²) in [5.41, 5.74) is 1.34. The van der Waals surface area contributed by atoms with Gasteiger partial charge in [-0.1, -0.05) is 76.6 Å². The summed E-state index contributed by atoms with van der Waals surface area (Å²) in [6.45, 7) is -0.503. The summed E-state index contributed by atoms with van der Waals surface area (Å²) < 4.78 is 28.9. The monoisotopic (exact) mass is 510 g/mol. The zero-order valence-electron chi connectivity index (χ0n) is 17.1. The molecule has 0 atom stereocenters. The van der Waals surface area contributed by atoms with Crippen LogP contribution in [0.5, 0.6) is 0 Å². The fraction of sp³-hybridized carbons (Fsp3) is 0.0833. The number of nitrogens with one attached hydrogen (secondary N) is 1. The fourth-order valence-electron chi connectivity index (χ4n) is 3.62. The number of sulfonamides is 1. The Morgan fingerprint density at radius 1 is 0.875 bits per heavy atom. The van der Waals surface area contributed by atoms with E-state index in [0.29, 0.717) is 22.4 Å². The lowest BCUT2D eigenvalue weighted by molar-refractivity contribution is 0.0958. The maximum Gasteiger partial charge on any atom is 0.265 e. The Bertz CT molecular complexity index is 1330. The van der Waals surface area contributed by atoms with Crippen LogP contribution in [0, 0.1) is 0 Å². The first kappa shape index (κ1) is 22.0. The average molecular weight is 511 g/mol. The molecule has 0 unspecified atom stereocenters. The van der Waals surface area contributed by atoms with Crippen LogP contribution >= 0.6 is 15.9 Å². The van der Waals surface area contributed by atoms with Gasteiger partial charge in [-0.05, 0) is 18.2 Å². The number of benzene rings is 3. The first-order valence-corrected chi connectivity index (χ1v) is 12.0. The maximum atomic E-state index is 13.6. The summed E-state index contributed by atoms with van der Waals surface area (Å²) in [7, 11) is -2.53. The highest BCUT2D eigenvalue weighted by atomic mass is 79.9. The molecule has 0 saturated heterocycles. The van der Waals surface area contributed by atoms with Gasteiger partial charge in [0.05, 0.1) is 17.1 Å². The molecule has 1 N–H and O–H groups in total. The number of ketones is 2. The predicted octanol–water partition coefficient (Wildman–Crippen LogP) is 4.11. The summed E-state index contributed by atoms with van der Waals surface area (Å²) in [4.78, 5) is 26.6. The Balaban J connectivity index is 1.89. The second-order valence-corrected chi connectivity index (χ2v) is 9.85. The molecule has 0 radical (unpaired) electrons. The smallest absolute Gasteiger partial charge is 0.265 e. The van der Waals surface area contributed by atoms with E-state index in [2.05, 4.69) is 21.2 Å². The lowest BCUT2D eigenvalue weighted by atomic mass is 10.0. The summed E-state index contributed by atoms with van der Waals surface area (Å²) in [6, 6.07) is 21.5. The standard InChI is InChI=1S/C24H19BrN2O4S/c1-26-22-19-9-5-6-10-21(19)32(30,31)27(15-20(28)16-11-13-18(25)14-12-16)23(22)24(29)17-7-3-2-4-8-17/h2-14,26H,15H2,1H3. The number of rotatable bonds is 6. The molecular formula is C24H19BrN2O4S. The van der Waals surface area contributed by atoms with Crippen molar-refractivity contribution in [3.8, 4) is 0 Å². The maximum absolute atomic E-state index is 13.6. The molecular weight excluding hydrogens is 492 g/mol. The van der Waals surface area contributed by atoms with E-state index in [1.54, 1.807) is 79.8 Å². The number of halogens is 1. The highest BCUT2D eigenvalue weighted by molar-refractivity contribution is 9.10. The van der Waals surface area contributed by atoms with Crippen LogP contribution in [-0.2, 0) is 10.0 Å². The molecule has 3 aromatic rings. The summed E-state index contributed by atoms with van der Waals surface area (Å²) >= 11 is 3.32. The molecule has 3 aromatic carbocycles. The van der Waals surface area contributed by atoms with Crippen molar-refractivity contribution in [2.75, 3.05) is 13.6 Å². The van der Waals surface area contributed by atoms with Crippen molar-refractivity contribution in [3.05, 3.63) is 106 Å². The minimum absolute atomic E-state index is 0.0394. The van der Waals surface area contributed by atoms with Gasteiger partial charge in [0.25, 0.3) is 10.0 Å². The van der Waals surface area contributed by atoms with E-state index < -0.39 is 28.1 Å². The quantitative estimate of drug-likeness (QED) is 0.504. The average Bonchev–Trinajstić information content (AvgIpc) is 2.81. The molecule has 0 fully saturated rings. The van der Waals surface area contributed by atoms with Crippen molar-refractivity contribution in [1.82, 2.24) is 9.62 Å². The van der Waals surface area contributed by atoms with Crippen molar-refractivity contribution in [1.29, 1.82) is 0 Å². The van der Waals surface area contributed by atoms with E-state index in [1.165, 1.54) is 6.07 Å². The molecule has 32 heavy (non-hydrogen) atoms. The number of hydrogen-bond acceptors (Lipinski definition) is 5. The SMILES string of the molecule is CNC1=C(C(=O)c2ccccc2)N(CC(=O)c2ccc(Br)cc2)S(=O)(=O)c2ccccc21. The zero-order valence-corrected chi connectivity index (χ0v) is 19.5. The third-order valence-electron chi connectivity index (χ3n) is 5.17. The minimum atomic E-state index is -4.15. The predicted molar refractivity (Wildman–Crippen MR) is 126 cm³/mol. The van der Waals surface area contributed by atoms with Crippen molar-refractivity contribution in [2.24, 2.45) is 0 Å². The van der Waals surface area contributed by atoms with Crippen LogP contribution in [0.4, 0.5) is 0 Å². The van der Waals surface area contributed by atoms with Gasteiger partial charge in [-0.3, -0.25) is 13.9 Å². The van der Waals surface area contributed by atoms with Crippen molar-refractivity contribution >= 4 is 43.2 Å². The number of allylic oxidation sites excluding steroid dienone is 1. The number of Topliss-reactive ketones (excluding diaryl/α,β-unsaturated/α-hetero) is 2. The first-order valence-electron chi connectivity index (χ1n) is 9.77. The molecule has 162 valence electrons. The third-order valence-corrected chi connectivity index (χ3v) is 7.50. The van der Waals surface area contributed by atoms with Crippen molar-refractivity contribution in [3.63, 3.8) is 0 Å². The van der Waals surface area contributed by atoms with Gasteiger partial charge in [0.1, 0.15) is 5.70 Å². The van der Waals surface area contributed by atoms with Gasteiger partial charge in [0, 0.05) is 28.2 Å². The topological polar surface area (TPSA) is 83.6 Å². The van der Waals surface area contributed by atoms with Crippen LogP contribution in [0.25, 0.3) is 5.70 Å². The van der Waals surface area contributed by atoms with E-state index in [1.807, 2.05) is 0 Å². The molecule has 8 heteroatoms. The molecule has 0 saturated carbocycles. The Labute approximate surface area is 194 Å². The van der Waals surface area contributed by atoms with Gasteiger partial charge in [-0.25, -0.2) is 8.42 Å². The normalized spacial score (nSPS) is 14.6. The summed E-state index contributed by atoms with van der Waals surface area (Å²) in [5, 5.41) is 2.98. The van der Waals surface area contributed by atoms with Gasteiger partial charge in [-0.15, -0.1) is 0 Å². The van der Waals surface area contributed by atoms with Crippen LogP contribution in [-0.4, -0.2) is 37.9 Å². The van der Waals surface area contributed by atoms with E-state index in [4.69, 9.17) is 0 Å². The van der Waals surface area contributed by atoms with Crippen molar-refractivity contribution < 1.29 is 18.0 Å². The molecule has 4 rings (SSSR count). The molecule has 1 aliphatic rings. The lowest BCUT2D eigenvalue weighted by Crippen LogP contribution is -2.42. The Morgan fingerprint density at radius 2 is 1.50 bits per heavy atom. The Hall–Kier alpha value is -3.23. The van der Waals surface area contributed by atoms with Crippen LogP contribution in [0.1, 0.15) is 26.3 Å². The molecule has 0 aliphatic carbocycles. The molecule has 0 amide bonds. The summed E-state index contributed by atoms with van der Waals surface area (Å²) in [5.74, 6) is -0.911. The van der Waals surface area contributed by atoms with Gasteiger partial charge in [0.2, 0.25) is 5.78 Å². The molecule has 0 spiro atoms. The Kier molecular flexibility index (Phi) is 5.99. The highest BCUT2D eigenvalue weighted by Gasteiger charge is 2.40. The van der Waals surface area contributed by atoms with Gasteiger partial charge in [0.15, 0.2) is 5.78 Å². The molecule has 0 bridgehead atoms. The van der Waals surface area contributed by atoms with Gasteiger partial charge in [-0.2, -0.15) is 0 Å². The van der Waals surface area contributed by atoms with Gasteiger partial charge >= 0.3 is 0 Å². The van der Waals surface area contributed by atoms with E-state index >= 15 is 0 Å². The first-order chi connectivity index (χ1) is 15.3. The molecule has 1 aliphatic heterocycles. The Morgan fingerprint density at radius 3 is 2.16 bits per heavy atom. The zero-order chi connectivity index (χ0) is 22.9. The van der Waals surface area contributed by atoms with Crippen LogP contribution in [0.3, 0.4) is 0 Å². The lowest BCUT2D eigenvalue weighted by Gasteiger charge is -2.33. The van der Waals surface area contributed by atoms with E-state index in [0.717, 1.165) is 8.78 Å². The number of hydrogen-bond donors (Lipinski definition) is 1. The van der Waals surface area contributed by atoms with Crippen LogP contribution in [0.2, 0.25) is 0 Å². The number of fused-ring (bicyclic) bond motifs is 1. The second kappa shape index (κ2) is 8.72. The minimum Gasteiger partial charge on any atom is -0.386 e. The fourth-order valence-corrected chi connectivity index (χ4v) is 5.52. The van der Waals surface area contributed by atoms with Crippen LogP contribution in [0.15, 0.2) is 93.9 Å². The molecule has 0 aromatic heterocycles. The number of carbonyl (C=O) groups is 2. The van der Waals surface area contributed by atoms with Gasteiger partial charge < -0.3 is 5.32 Å². The van der Waals surface area contributed by atoms with Crippen LogP contribution < -0.4 is 5.32 Å². The largest absolute Gasteiger partial charge is 0.386 e. The van der Waals surface area contributed by atoms with Crippen molar-refractivity contribution in [2.45, 2.75) is 4.90 Å². The van der Waals surface area contributed by atoms with E-state index in [-0.39, 0.29) is 10.6 Å². The highest BCUT2D eigenvalue weighted by Crippen LogP contribution is 2.37. The second-order valence-electron chi connectivity index (χ2n) is 7.11. The number of nitrogens with zero attached hydrogens (tertiary/aromatic N) is 1. The summed E-state index contributed by atoms with van der Waals surface area (Å²) in [6.07, 6.45) is 0. The molecule has 6 nitrogen and oxygen atoms in total. The van der Waals surface area contributed by atoms with E-state index in [9.17, 15) is 18.0 Å². The number of carbonyl (C=O) groups excluding carboxylic acids is 2. The molecule has 1 heterocycles. The third kappa shape index (κ3) is 3.87.